The van der Waals surface area contributed by atoms with Gasteiger partial charge >= 0.3 is 0 Å². The van der Waals surface area contributed by atoms with Crippen LogP contribution in [0.5, 0.6) is 0 Å². The number of hydrogen-bond donors (Lipinski definition) is 2. The van der Waals surface area contributed by atoms with Gasteiger partial charge in [-0.1, -0.05) is 6.92 Å². The minimum atomic E-state index is -0.511. The van der Waals surface area contributed by atoms with Crippen LogP contribution >= 0.6 is 0 Å². The molecule has 0 aromatic heterocycles. The SMILES string of the molecule is C[C@]12CC[C@@H]3[C@H]4CC[C@H](O)C(O)[C@@H]4CC[C@H]3[C@@H]1CCC2=O. The Bertz CT molecular complexity index is 448. The molecule has 0 bridgehead atoms. The van der Waals surface area contributed by atoms with Gasteiger partial charge in [-0.05, 0) is 74.5 Å². The number of aliphatic hydroxyl groups excluding tert-OH is 2. The van der Waals surface area contributed by atoms with Gasteiger partial charge in [0.15, 0.2) is 0 Å². The molecule has 4 saturated carbocycles. The molecule has 0 spiro atoms. The molecule has 1 unspecified atom stereocenters. The minimum Gasteiger partial charge on any atom is -0.390 e. The van der Waals surface area contributed by atoms with E-state index in [1.165, 1.54) is 0 Å². The van der Waals surface area contributed by atoms with Crippen molar-refractivity contribution in [3.8, 4) is 0 Å². The summed E-state index contributed by atoms with van der Waals surface area (Å²) >= 11 is 0. The van der Waals surface area contributed by atoms with Crippen molar-refractivity contribution in [2.75, 3.05) is 0 Å². The normalized spacial score (nSPS) is 56.5. The van der Waals surface area contributed by atoms with Crippen molar-refractivity contribution in [1.82, 2.24) is 0 Å². The Morgan fingerprint density at radius 2 is 1.57 bits per heavy atom. The standard InChI is InChI=1S/C18H28O3/c1-18-9-8-11-10-4-6-15(19)17(21)13(10)3-2-12(11)14(18)5-7-16(18)20/h10-15,17,19,21H,2-9H2,1H3/t10-,11-,12-,13-,14+,15+,17?,18+/m1/s1. The molecule has 0 aliphatic heterocycles. The fourth-order valence-corrected chi connectivity index (χ4v) is 6.62. The maximum Gasteiger partial charge on any atom is 0.139 e. The van der Waals surface area contributed by atoms with Crippen LogP contribution in [0, 0.1) is 35.0 Å². The summed E-state index contributed by atoms with van der Waals surface area (Å²) in [5.74, 6) is 3.37. The molecule has 0 aromatic rings. The predicted molar refractivity (Wildman–Crippen MR) is 79.5 cm³/mol. The highest BCUT2D eigenvalue weighted by Crippen LogP contribution is 2.61. The first-order valence-corrected chi connectivity index (χ1v) is 8.92. The number of hydrogen-bond acceptors (Lipinski definition) is 3. The van der Waals surface area contributed by atoms with Crippen molar-refractivity contribution in [2.45, 2.75) is 70.5 Å². The van der Waals surface area contributed by atoms with Crippen LogP contribution in [0.25, 0.3) is 0 Å². The number of rotatable bonds is 0. The van der Waals surface area contributed by atoms with Gasteiger partial charge in [0.2, 0.25) is 0 Å². The number of Topliss-reactive ketones (excluding diaryl/α,β-unsaturated/α-hetero) is 1. The molecule has 4 rings (SSSR count). The third-order valence-corrected chi connectivity index (χ3v) is 7.76. The van der Waals surface area contributed by atoms with Crippen molar-refractivity contribution >= 4 is 5.78 Å². The lowest BCUT2D eigenvalue weighted by molar-refractivity contribution is -0.141. The van der Waals surface area contributed by atoms with E-state index in [0.717, 1.165) is 51.4 Å². The third-order valence-electron chi connectivity index (χ3n) is 7.76. The predicted octanol–water partition coefficient (Wildman–Crippen LogP) is 2.54. The summed E-state index contributed by atoms with van der Waals surface area (Å²) < 4.78 is 0. The molecular formula is C18H28O3. The van der Waals surface area contributed by atoms with E-state index < -0.39 is 12.2 Å². The molecule has 0 radical (unpaired) electrons. The van der Waals surface area contributed by atoms with Gasteiger partial charge in [0.05, 0.1) is 12.2 Å². The Morgan fingerprint density at radius 3 is 2.38 bits per heavy atom. The maximum absolute atomic E-state index is 12.3. The molecular weight excluding hydrogens is 264 g/mol. The van der Waals surface area contributed by atoms with Gasteiger partial charge in [-0.15, -0.1) is 0 Å². The smallest absolute Gasteiger partial charge is 0.139 e. The maximum atomic E-state index is 12.3. The second-order valence-corrected chi connectivity index (χ2v) is 8.39. The van der Waals surface area contributed by atoms with Gasteiger partial charge in [0, 0.05) is 11.8 Å². The van der Waals surface area contributed by atoms with Crippen LogP contribution < -0.4 is 0 Å². The number of carbonyl (C=O) groups is 1. The van der Waals surface area contributed by atoms with Crippen LogP contribution in [-0.2, 0) is 4.79 Å². The second-order valence-electron chi connectivity index (χ2n) is 8.39. The highest BCUT2D eigenvalue weighted by atomic mass is 16.3. The lowest BCUT2D eigenvalue weighted by Gasteiger charge is -2.55. The molecule has 2 N–H and O–H groups in total. The van der Waals surface area contributed by atoms with Gasteiger partial charge in [0.25, 0.3) is 0 Å². The van der Waals surface area contributed by atoms with E-state index in [1.54, 1.807) is 0 Å². The van der Waals surface area contributed by atoms with Gasteiger partial charge < -0.3 is 10.2 Å². The molecule has 4 aliphatic carbocycles. The number of carbonyl (C=O) groups excluding carboxylic acids is 1. The van der Waals surface area contributed by atoms with Crippen molar-refractivity contribution in [1.29, 1.82) is 0 Å². The van der Waals surface area contributed by atoms with Crippen molar-refractivity contribution in [2.24, 2.45) is 35.0 Å². The van der Waals surface area contributed by atoms with Crippen LogP contribution in [0.4, 0.5) is 0 Å². The summed E-state index contributed by atoms with van der Waals surface area (Å²) in [6.07, 6.45) is 7.11. The van der Waals surface area contributed by atoms with Crippen LogP contribution in [0.1, 0.15) is 58.3 Å². The second kappa shape index (κ2) is 4.79. The summed E-state index contributed by atoms with van der Waals surface area (Å²) in [4.78, 5) is 12.3. The molecule has 21 heavy (non-hydrogen) atoms. The molecule has 0 saturated heterocycles. The summed E-state index contributed by atoms with van der Waals surface area (Å²) in [5.41, 5.74) is -0.0409. The fraction of sp³-hybridized carbons (Fsp3) is 0.944. The minimum absolute atomic E-state index is 0.0409. The Balaban J connectivity index is 1.59. The number of ketones is 1. The summed E-state index contributed by atoms with van der Waals surface area (Å²) in [7, 11) is 0. The van der Waals surface area contributed by atoms with Crippen LogP contribution in [0.15, 0.2) is 0 Å². The molecule has 3 nitrogen and oxygen atoms in total. The van der Waals surface area contributed by atoms with Crippen molar-refractivity contribution in [3.63, 3.8) is 0 Å². The lowest BCUT2D eigenvalue weighted by Crippen LogP contribution is -2.53. The lowest BCUT2D eigenvalue weighted by atomic mass is 9.50. The Kier molecular flexibility index (Phi) is 3.24. The molecule has 0 heterocycles. The molecule has 8 atom stereocenters. The molecule has 3 heteroatoms. The fourth-order valence-electron chi connectivity index (χ4n) is 6.62. The quantitative estimate of drug-likeness (QED) is 0.721. The van der Waals surface area contributed by atoms with E-state index in [-0.39, 0.29) is 5.41 Å². The first kappa shape index (κ1) is 14.2. The molecule has 4 aliphatic rings. The topological polar surface area (TPSA) is 57.5 Å². The molecule has 118 valence electrons. The van der Waals surface area contributed by atoms with Gasteiger partial charge in [-0.25, -0.2) is 0 Å². The largest absolute Gasteiger partial charge is 0.390 e. The van der Waals surface area contributed by atoms with Gasteiger partial charge in [0.1, 0.15) is 5.78 Å². The van der Waals surface area contributed by atoms with E-state index in [0.29, 0.717) is 35.4 Å². The van der Waals surface area contributed by atoms with E-state index >= 15 is 0 Å². The van der Waals surface area contributed by atoms with E-state index in [2.05, 4.69) is 6.92 Å². The first-order valence-electron chi connectivity index (χ1n) is 8.92. The van der Waals surface area contributed by atoms with Crippen LogP contribution in [0.2, 0.25) is 0 Å². The van der Waals surface area contributed by atoms with E-state index in [9.17, 15) is 15.0 Å². The monoisotopic (exact) mass is 292 g/mol. The van der Waals surface area contributed by atoms with Crippen LogP contribution in [0.3, 0.4) is 0 Å². The molecule has 4 fully saturated rings. The third kappa shape index (κ3) is 1.89. The summed E-state index contributed by atoms with van der Waals surface area (Å²) in [5, 5.41) is 20.3. The van der Waals surface area contributed by atoms with Crippen molar-refractivity contribution in [3.05, 3.63) is 0 Å². The highest BCUT2D eigenvalue weighted by Gasteiger charge is 2.57. The first-order chi connectivity index (χ1) is 10.0. The Labute approximate surface area is 127 Å². The zero-order valence-electron chi connectivity index (χ0n) is 13.0. The van der Waals surface area contributed by atoms with E-state index in [4.69, 9.17) is 0 Å². The molecule has 0 amide bonds. The zero-order chi connectivity index (χ0) is 14.8. The Hall–Kier alpha value is -0.410. The summed E-state index contributed by atoms with van der Waals surface area (Å²) in [6.45, 7) is 2.22. The van der Waals surface area contributed by atoms with Crippen molar-refractivity contribution < 1.29 is 15.0 Å². The highest BCUT2D eigenvalue weighted by molar-refractivity contribution is 5.87. The zero-order valence-corrected chi connectivity index (χ0v) is 13.0. The van der Waals surface area contributed by atoms with Crippen LogP contribution in [-0.4, -0.2) is 28.2 Å². The Morgan fingerprint density at radius 1 is 0.905 bits per heavy atom. The van der Waals surface area contributed by atoms with Gasteiger partial charge in [-0.2, -0.15) is 0 Å². The van der Waals surface area contributed by atoms with E-state index in [1.807, 2.05) is 0 Å². The number of fused-ring (bicyclic) bond motifs is 5. The molecule has 0 aromatic carbocycles. The average molecular weight is 292 g/mol. The number of aliphatic hydroxyl groups is 2. The van der Waals surface area contributed by atoms with Gasteiger partial charge in [-0.3, -0.25) is 4.79 Å². The average Bonchev–Trinajstić information content (AvgIpc) is 2.78. The summed E-state index contributed by atoms with van der Waals surface area (Å²) in [6, 6.07) is 0.